The molecule has 8 nitrogen and oxygen atoms in total. The second kappa shape index (κ2) is 14.8. The Morgan fingerprint density at radius 3 is 1.56 bits per heavy atom. The molecule has 8 heteroatoms. The van der Waals surface area contributed by atoms with Gasteiger partial charge in [-0.3, -0.25) is 29.0 Å². The molecule has 2 aliphatic heterocycles. The molecule has 0 bridgehead atoms. The molecule has 258 valence electrons. The average molecular weight is 671 g/mol. The van der Waals surface area contributed by atoms with Crippen molar-refractivity contribution in [3.63, 3.8) is 0 Å². The van der Waals surface area contributed by atoms with E-state index in [1.807, 2.05) is 62.4 Å². The molecule has 1 aromatic heterocycles. The molecule has 2 aliphatic rings. The van der Waals surface area contributed by atoms with Crippen molar-refractivity contribution in [2.24, 2.45) is 0 Å². The maximum atomic E-state index is 12.9. The first-order chi connectivity index (χ1) is 23.9. The summed E-state index contributed by atoms with van der Waals surface area (Å²) in [7, 11) is 0. The lowest BCUT2D eigenvalue weighted by Gasteiger charge is -2.26. The predicted molar refractivity (Wildman–Crippen MR) is 196 cm³/mol. The number of rotatable bonds is 14. The van der Waals surface area contributed by atoms with E-state index < -0.39 is 0 Å². The van der Waals surface area contributed by atoms with Gasteiger partial charge in [0.2, 0.25) is 6.33 Å². The van der Waals surface area contributed by atoms with Gasteiger partial charge < -0.3 is 7.43 Å². The lowest BCUT2D eigenvalue weighted by Crippen LogP contribution is -2.40. The highest BCUT2D eigenvalue weighted by molar-refractivity contribution is 6.26. The molecule has 0 unspecified atom stereocenters. The van der Waals surface area contributed by atoms with Crippen molar-refractivity contribution in [3.05, 3.63) is 120 Å². The number of imidazole rings is 1. The number of hydrogen-bond acceptors (Lipinski definition) is 4. The van der Waals surface area contributed by atoms with Gasteiger partial charge in [0.05, 0.1) is 13.1 Å². The van der Waals surface area contributed by atoms with Crippen molar-refractivity contribution in [1.29, 1.82) is 0 Å². The topological polar surface area (TPSA) is 83.6 Å². The Morgan fingerprint density at radius 2 is 1.04 bits per heavy atom. The zero-order chi connectivity index (χ0) is 34.1. The van der Waals surface area contributed by atoms with Crippen LogP contribution in [0, 0.1) is 7.43 Å². The smallest absolute Gasteiger partial charge is 0.261 e. The first kappa shape index (κ1) is 34.7. The van der Waals surface area contributed by atoms with Crippen LogP contribution in [0.25, 0.3) is 21.5 Å². The van der Waals surface area contributed by atoms with Crippen LogP contribution < -0.4 is 4.57 Å². The monoisotopic (exact) mass is 670 g/mol. The van der Waals surface area contributed by atoms with Crippen LogP contribution >= 0.6 is 0 Å². The minimum atomic E-state index is -0.199. The van der Waals surface area contributed by atoms with Gasteiger partial charge in [-0.25, -0.2) is 9.13 Å². The fourth-order valence-electron chi connectivity index (χ4n) is 7.70. The van der Waals surface area contributed by atoms with Gasteiger partial charge >= 0.3 is 0 Å². The van der Waals surface area contributed by atoms with E-state index in [-0.39, 0.29) is 31.1 Å². The molecule has 3 heterocycles. The van der Waals surface area contributed by atoms with Crippen LogP contribution in [0.1, 0.15) is 105 Å². The van der Waals surface area contributed by atoms with Crippen LogP contribution in [-0.4, -0.2) is 51.1 Å². The number of benzene rings is 4. The molecular formula is C42H46N4O4. The third-order valence-corrected chi connectivity index (χ3v) is 10.3. The summed E-state index contributed by atoms with van der Waals surface area (Å²) in [4.78, 5) is 54.3. The average Bonchev–Trinajstić information content (AvgIpc) is 3.57. The SMILES string of the molecule is CCN1C(=O)c2cccc3c(CCCCCC[n+]4ccn(CCCCc5ccc6c7c(cccc57)C(=O)N(CC)C6=O)c4)ccc(c23)C1=O.[CH3-]. The van der Waals surface area contributed by atoms with E-state index in [2.05, 4.69) is 40.0 Å². The largest absolute Gasteiger partial charge is 0.358 e. The van der Waals surface area contributed by atoms with E-state index in [0.717, 1.165) is 86.0 Å². The van der Waals surface area contributed by atoms with Gasteiger partial charge in [-0.05, 0) is 105 Å². The van der Waals surface area contributed by atoms with Crippen molar-refractivity contribution < 1.29 is 23.7 Å². The number of amides is 4. The van der Waals surface area contributed by atoms with Gasteiger partial charge in [0.25, 0.3) is 23.6 Å². The summed E-state index contributed by atoms with van der Waals surface area (Å²) in [6.45, 7) is 6.35. The zero-order valence-electron chi connectivity index (χ0n) is 29.4. The van der Waals surface area contributed by atoms with E-state index in [9.17, 15) is 19.2 Å². The maximum Gasteiger partial charge on any atom is 0.261 e. The van der Waals surface area contributed by atoms with Gasteiger partial charge in [-0.15, -0.1) is 0 Å². The predicted octanol–water partition coefficient (Wildman–Crippen LogP) is 7.59. The van der Waals surface area contributed by atoms with Crippen molar-refractivity contribution >= 4 is 45.2 Å². The molecule has 0 atom stereocenters. The first-order valence-electron chi connectivity index (χ1n) is 17.8. The van der Waals surface area contributed by atoms with Crippen molar-refractivity contribution in [2.45, 2.75) is 78.3 Å². The van der Waals surface area contributed by atoms with Crippen LogP contribution in [-0.2, 0) is 25.9 Å². The summed E-state index contributed by atoms with van der Waals surface area (Å²) in [5.41, 5.74) is 4.91. The summed E-state index contributed by atoms with van der Waals surface area (Å²) in [5.74, 6) is -0.786. The molecule has 0 fully saturated rings. The van der Waals surface area contributed by atoms with Crippen LogP contribution in [0.2, 0.25) is 0 Å². The zero-order valence-corrected chi connectivity index (χ0v) is 29.4. The normalized spacial score (nSPS) is 13.9. The molecule has 4 amide bonds. The second-order valence-electron chi connectivity index (χ2n) is 13.2. The van der Waals surface area contributed by atoms with Crippen LogP contribution in [0.4, 0.5) is 0 Å². The molecule has 7 rings (SSSR count). The number of aromatic nitrogens is 2. The fourth-order valence-corrected chi connectivity index (χ4v) is 7.70. The first-order valence-corrected chi connectivity index (χ1v) is 17.8. The second-order valence-corrected chi connectivity index (χ2v) is 13.2. The number of nitrogens with zero attached hydrogens (tertiary/aromatic N) is 4. The van der Waals surface area contributed by atoms with Crippen molar-refractivity contribution in [3.8, 4) is 0 Å². The molecule has 50 heavy (non-hydrogen) atoms. The number of aryl methyl sites for hydroxylation is 4. The minimum absolute atomic E-state index is 0. The number of imide groups is 2. The molecule has 0 spiro atoms. The van der Waals surface area contributed by atoms with Crippen LogP contribution in [0.15, 0.2) is 79.4 Å². The summed E-state index contributed by atoms with van der Waals surface area (Å²) in [6, 6.07) is 19.5. The quantitative estimate of drug-likeness (QED) is 0.0528. The van der Waals surface area contributed by atoms with E-state index in [0.29, 0.717) is 35.3 Å². The highest BCUT2D eigenvalue weighted by atomic mass is 16.2. The molecule has 0 radical (unpaired) electrons. The van der Waals surface area contributed by atoms with Crippen molar-refractivity contribution in [1.82, 2.24) is 14.4 Å². The van der Waals surface area contributed by atoms with E-state index >= 15 is 0 Å². The summed E-state index contributed by atoms with van der Waals surface area (Å²) in [6.07, 6.45) is 14.8. The molecule has 0 saturated carbocycles. The number of hydrogen-bond donors (Lipinski definition) is 0. The van der Waals surface area contributed by atoms with E-state index in [4.69, 9.17) is 0 Å². The Kier molecular flexibility index (Phi) is 10.3. The molecule has 0 N–H and O–H groups in total. The molecule has 4 aromatic carbocycles. The van der Waals surface area contributed by atoms with Gasteiger partial charge in [0.1, 0.15) is 12.4 Å². The Labute approximate surface area is 294 Å². The third-order valence-electron chi connectivity index (χ3n) is 10.3. The van der Waals surface area contributed by atoms with Gasteiger partial charge in [0, 0.05) is 46.1 Å². The lowest BCUT2D eigenvalue weighted by atomic mass is 9.90. The molecule has 5 aromatic rings. The van der Waals surface area contributed by atoms with Crippen LogP contribution in [0.3, 0.4) is 0 Å². The van der Waals surface area contributed by atoms with Gasteiger partial charge in [-0.1, -0.05) is 42.8 Å². The van der Waals surface area contributed by atoms with E-state index in [1.54, 1.807) is 0 Å². The van der Waals surface area contributed by atoms with Crippen molar-refractivity contribution in [2.75, 3.05) is 13.1 Å². The third kappa shape index (κ3) is 6.23. The molecule has 0 saturated heterocycles. The minimum Gasteiger partial charge on any atom is -0.358 e. The van der Waals surface area contributed by atoms with Gasteiger partial charge in [-0.2, -0.15) is 0 Å². The summed E-state index contributed by atoms with van der Waals surface area (Å²) in [5, 5.41) is 3.67. The van der Waals surface area contributed by atoms with Crippen LogP contribution in [0.5, 0.6) is 0 Å². The van der Waals surface area contributed by atoms with Gasteiger partial charge in [0.15, 0.2) is 0 Å². The standard InChI is InChI=1S/C41H43N4O4.CH3/c1-3-44-38(46)32-17-11-15-30-28(19-21-34(36(30)32)40(44)48)13-7-5-6-9-23-42-25-26-43(27-42)24-10-8-14-29-20-22-35-37-31(29)16-12-18-33(37)39(47)45(4-2)41(35)49;/h11-12,15-22,25-27H,3-10,13-14,23-24H2,1-2H3;1H3/q+1;-1. The lowest BCUT2D eigenvalue weighted by molar-refractivity contribution is -0.696. The van der Waals surface area contributed by atoms with E-state index in [1.165, 1.54) is 20.9 Å². The summed E-state index contributed by atoms with van der Waals surface area (Å²) < 4.78 is 4.51. The Balaban J connectivity index is 0.00000432. The maximum absolute atomic E-state index is 12.9. The number of carbonyl (C=O) groups is 4. The Morgan fingerprint density at radius 1 is 0.560 bits per heavy atom. The highest BCUT2D eigenvalue weighted by Crippen LogP contribution is 2.34. The Bertz CT molecular complexity index is 2070. The number of unbranched alkanes of at least 4 members (excludes halogenated alkanes) is 4. The highest BCUT2D eigenvalue weighted by Gasteiger charge is 2.33. The number of carbonyl (C=O) groups excluding carboxylic acids is 4. The molecule has 0 aliphatic carbocycles. The summed E-state index contributed by atoms with van der Waals surface area (Å²) >= 11 is 0. The Hall–Kier alpha value is -5.11. The fraction of sp³-hybridized carbons (Fsp3) is 0.333. The molecular weight excluding hydrogens is 624 g/mol.